The van der Waals surface area contributed by atoms with Crippen molar-refractivity contribution >= 4 is 66.6 Å². The second kappa shape index (κ2) is 14.7. The number of aliphatic carboxylic acids is 2. The van der Waals surface area contributed by atoms with Crippen LogP contribution in [0.25, 0.3) is 0 Å². The Hall–Kier alpha value is -3.20. The van der Waals surface area contributed by atoms with Gasteiger partial charge in [0.2, 0.25) is 20.0 Å². The number of nitrogens with one attached hydrogen (secondary N) is 2. The second-order valence-electron chi connectivity index (χ2n) is 10.1. The minimum absolute atomic E-state index is 0.0216. The Morgan fingerprint density at radius 1 is 0.841 bits per heavy atom. The molecule has 2 aromatic rings. The molecule has 0 amide bonds. The van der Waals surface area contributed by atoms with Gasteiger partial charge in [0.1, 0.15) is 22.1 Å². The molecule has 4 rings (SSSR count). The van der Waals surface area contributed by atoms with Crippen molar-refractivity contribution in [1.29, 1.82) is 0 Å². The lowest BCUT2D eigenvalue weighted by atomic mass is 9.87. The third-order valence-corrected chi connectivity index (χ3v) is 11.2. The summed E-state index contributed by atoms with van der Waals surface area (Å²) in [7, 11) is -7.99. The van der Waals surface area contributed by atoms with E-state index in [0.29, 0.717) is 19.3 Å². The third-order valence-electron chi connectivity index (χ3n) is 7.13. The number of hydrogen-bond donors (Lipinski definition) is 4. The van der Waals surface area contributed by atoms with Crippen molar-refractivity contribution in [3.8, 4) is 0 Å². The lowest BCUT2D eigenvalue weighted by molar-refractivity contribution is -0.133. The van der Waals surface area contributed by atoms with E-state index in [1.54, 1.807) is 0 Å². The molecule has 4 N–H and O–H groups in total. The molecule has 16 heteroatoms. The Morgan fingerprint density at radius 3 is 1.77 bits per heavy atom. The maximum Gasteiger partial charge on any atom is 0.332 e. The molecule has 3 atom stereocenters. The standard InChI is InChI=1S/C15H17ClFNO4S.C13H13ClFNO4S/c1-2-9-3-5-11(15(19)20)14(7-9)23(21,22)18-13-6-4-10(17)8-12(13)16;14-10-7-8(15)5-6-11(10)16-21(19,20)12-4-2-1-3-9(12)13(17)18/h4-6,8-9,14,18H,2-3,7H2,1H3,(H,19,20);3,5-7,12,16H,1-2,4H2,(H,17,18)/t;12-/m.1/s1. The highest BCUT2D eigenvalue weighted by Crippen LogP contribution is 2.33. The van der Waals surface area contributed by atoms with Crippen molar-refractivity contribution in [2.24, 2.45) is 5.92 Å². The van der Waals surface area contributed by atoms with E-state index in [1.165, 1.54) is 24.3 Å². The molecule has 2 aliphatic carbocycles. The summed E-state index contributed by atoms with van der Waals surface area (Å²) in [5.74, 6) is -3.58. The van der Waals surface area contributed by atoms with Crippen molar-refractivity contribution in [2.75, 3.05) is 9.44 Å². The van der Waals surface area contributed by atoms with E-state index in [0.717, 1.165) is 30.7 Å². The molecule has 0 radical (unpaired) electrons. The van der Waals surface area contributed by atoms with Gasteiger partial charge in [-0.15, -0.1) is 0 Å². The molecule has 2 aliphatic rings. The van der Waals surface area contributed by atoms with Gasteiger partial charge in [0.15, 0.2) is 0 Å². The van der Waals surface area contributed by atoms with Crippen LogP contribution in [-0.2, 0) is 29.6 Å². The van der Waals surface area contributed by atoms with Crippen LogP contribution in [0.5, 0.6) is 0 Å². The van der Waals surface area contributed by atoms with Crippen LogP contribution in [0, 0.1) is 17.6 Å². The first kappa shape index (κ1) is 35.3. The van der Waals surface area contributed by atoms with Crippen molar-refractivity contribution in [3.63, 3.8) is 0 Å². The van der Waals surface area contributed by atoms with E-state index >= 15 is 0 Å². The Balaban J connectivity index is 0.000000241. The lowest BCUT2D eigenvalue weighted by Crippen LogP contribution is -2.36. The Bertz CT molecular complexity index is 1700. The topological polar surface area (TPSA) is 167 Å². The average molecular weight is 696 g/mol. The number of carboxylic acids is 2. The predicted octanol–water partition coefficient (Wildman–Crippen LogP) is 6.20. The summed E-state index contributed by atoms with van der Waals surface area (Å²) in [6.07, 6.45) is 5.74. The normalized spacial score (nSPS) is 20.3. The zero-order chi connectivity index (χ0) is 32.8. The van der Waals surface area contributed by atoms with Crippen LogP contribution >= 0.6 is 23.2 Å². The van der Waals surface area contributed by atoms with Gasteiger partial charge in [0.05, 0.1) is 32.6 Å². The van der Waals surface area contributed by atoms with Gasteiger partial charge < -0.3 is 10.2 Å². The number of hydrogen-bond acceptors (Lipinski definition) is 6. The molecule has 0 spiro atoms. The van der Waals surface area contributed by atoms with Crippen LogP contribution in [0.2, 0.25) is 10.0 Å². The van der Waals surface area contributed by atoms with Crippen LogP contribution in [-0.4, -0.2) is 49.5 Å². The summed E-state index contributed by atoms with van der Waals surface area (Å²) >= 11 is 11.6. The Labute approximate surface area is 263 Å². The minimum Gasteiger partial charge on any atom is -0.478 e. The molecule has 10 nitrogen and oxygen atoms in total. The van der Waals surface area contributed by atoms with E-state index in [2.05, 4.69) is 9.44 Å². The largest absolute Gasteiger partial charge is 0.478 e. The van der Waals surface area contributed by atoms with Gasteiger partial charge in [-0.1, -0.05) is 48.7 Å². The molecule has 0 saturated carbocycles. The molecule has 0 aliphatic heterocycles. The van der Waals surface area contributed by atoms with Crippen LogP contribution in [0.1, 0.15) is 45.4 Å². The van der Waals surface area contributed by atoms with E-state index in [9.17, 15) is 40.3 Å². The second-order valence-corrected chi connectivity index (χ2v) is 14.7. The average Bonchev–Trinajstić information content (AvgIpc) is 2.96. The highest BCUT2D eigenvalue weighted by molar-refractivity contribution is 7.93. The van der Waals surface area contributed by atoms with Gasteiger partial charge in [-0.05, 0) is 74.4 Å². The number of sulfonamides is 2. The van der Waals surface area contributed by atoms with Gasteiger partial charge in [0.25, 0.3) is 0 Å². The van der Waals surface area contributed by atoms with E-state index in [4.69, 9.17) is 28.3 Å². The first-order valence-electron chi connectivity index (χ1n) is 13.4. The number of halogens is 4. The molecule has 0 heterocycles. The number of rotatable bonds is 9. The Morgan fingerprint density at radius 2 is 1.32 bits per heavy atom. The zero-order valence-corrected chi connectivity index (χ0v) is 26.4. The molecule has 0 aromatic heterocycles. The van der Waals surface area contributed by atoms with Crippen molar-refractivity contribution in [3.05, 3.63) is 81.4 Å². The summed E-state index contributed by atoms with van der Waals surface area (Å²) in [6.45, 7) is 1.93. The number of carbonyl (C=O) groups is 2. The smallest absolute Gasteiger partial charge is 0.332 e. The van der Waals surface area contributed by atoms with Gasteiger partial charge >= 0.3 is 11.9 Å². The molecule has 240 valence electrons. The number of benzene rings is 2. The van der Waals surface area contributed by atoms with Crippen molar-refractivity contribution in [1.82, 2.24) is 0 Å². The molecule has 0 bridgehead atoms. The first-order valence-corrected chi connectivity index (χ1v) is 17.2. The maximum atomic E-state index is 13.1. The zero-order valence-electron chi connectivity index (χ0n) is 23.3. The third kappa shape index (κ3) is 8.93. The number of allylic oxidation sites excluding steroid dienone is 2. The molecular formula is C28H30Cl2F2N2O8S2. The number of anilines is 2. The van der Waals surface area contributed by atoms with E-state index < -0.39 is 54.1 Å². The van der Waals surface area contributed by atoms with E-state index in [1.807, 2.05) is 6.92 Å². The molecule has 2 aromatic carbocycles. The predicted molar refractivity (Wildman–Crippen MR) is 164 cm³/mol. The fourth-order valence-electron chi connectivity index (χ4n) is 4.79. The molecule has 0 fully saturated rings. The molecule has 2 unspecified atom stereocenters. The summed E-state index contributed by atoms with van der Waals surface area (Å²) in [6, 6.07) is 6.52. The Kier molecular flexibility index (Phi) is 11.8. The quantitative estimate of drug-likeness (QED) is 0.241. The van der Waals surface area contributed by atoms with Gasteiger partial charge in [-0.25, -0.2) is 35.2 Å². The van der Waals surface area contributed by atoms with Crippen molar-refractivity contribution in [2.45, 2.75) is 55.9 Å². The van der Waals surface area contributed by atoms with Crippen LogP contribution in [0.3, 0.4) is 0 Å². The van der Waals surface area contributed by atoms with Crippen molar-refractivity contribution < 1.29 is 45.4 Å². The number of carboxylic acid groups (broad SMARTS) is 2. The molecule has 0 saturated heterocycles. The van der Waals surface area contributed by atoms with Gasteiger partial charge in [0, 0.05) is 0 Å². The maximum absolute atomic E-state index is 13.1. The fourth-order valence-corrected chi connectivity index (χ4v) is 8.65. The summed E-state index contributed by atoms with van der Waals surface area (Å²) in [5.41, 5.74) is -0.239. The minimum atomic E-state index is -4.01. The summed E-state index contributed by atoms with van der Waals surface area (Å²) < 4.78 is 80.4. The first-order chi connectivity index (χ1) is 20.6. The SMILES string of the molecule is CCC1CC=C(C(=O)O)C(S(=O)(=O)Nc2ccc(F)cc2Cl)C1.O=C(O)C1=CCCC[C@H]1S(=O)(=O)Nc1ccc(F)cc1Cl. The van der Waals surface area contributed by atoms with Crippen LogP contribution in [0.15, 0.2) is 59.7 Å². The fraction of sp³-hybridized carbons (Fsp3) is 0.357. The summed E-state index contributed by atoms with van der Waals surface area (Å²) in [4.78, 5) is 22.5. The molecular weight excluding hydrogens is 665 g/mol. The van der Waals surface area contributed by atoms with Gasteiger partial charge in [-0.3, -0.25) is 9.44 Å². The van der Waals surface area contributed by atoms with Crippen LogP contribution < -0.4 is 9.44 Å². The lowest BCUT2D eigenvalue weighted by Gasteiger charge is -2.27. The highest BCUT2D eigenvalue weighted by Gasteiger charge is 2.38. The monoisotopic (exact) mass is 694 g/mol. The van der Waals surface area contributed by atoms with Gasteiger partial charge in [-0.2, -0.15) is 0 Å². The van der Waals surface area contributed by atoms with Crippen LogP contribution in [0.4, 0.5) is 20.2 Å². The highest BCUT2D eigenvalue weighted by atomic mass is 35.5. The van der Waals surface area contributed by atoms with E-state index in [-0.39, 0.29) is 51.3 Å². The molecule has 44 heavy (non-hydrogen) atoms. The summed E-state index contributed by atoms with van der Waals surface area (Å²) in [5, 5.41) is 15.9.